The lowest BCUT2D eigenvalue weighted by Gasteiger charge is -2.44. The van der Waals surface area contributed by atoms with Gasteiger partial charge in [0.25, 0.3) is 0 Å². The highest BCUT2D eigenvalue weighted by atomic mass is 16.5. The second kappa shape index (κ2) is 8.74. The molecule has 2 saturated heterocycles. The van der Waals surface area contributed by atoms with Crippen LogP contribution in [0.2, 0.25) is 0 Å². The highest BCUT2D eigenvalue weighted by molar-refractivity contribution is 5.77. The quantitative estimate of drug-likeness (QED) is 0.265. The van der Waals surface area contributed by atoms with Gasteiger partial charge in [0.15, 0.2) is 0 Å². The van der Waals surface area contributed by atoms with Crippen molar-refractivity contribution in [2.75, 3.05) is 19.6 Å². The van der Waals surface area contributed by atoms with Crippen LogP contribution in [0.4, 0.5) is 0 Å². The van der Waals surface area contributed by atoms with Crippen molar-refractivity contribution in [2.45, 2.75) is 68.4 Å². The van der Waals surface area contributed by atoms with Crippen LogP contribution in [0.3, 0.4) is 0 Å². The first kappa shape index (κ1) is 21.7. The Morgan fingerprint density at radius 1 is 0.971 bits per heavy atom. The van der Waals surface area contributed by atoms with E-state index >= 15 is 0 Å². The Bertz CT molecular complexity index is 1070. The molecule has 34 heavy (non-hydrogen) atoms. The summed E-state index contributed by atoms with van der Waals surface area (Å²) in [6.45, 7) is 2.91. The van der Waals surface area contributed by atoms with Gasteiger partial charge in [-0.15, -0.1) is 4.99 Å². The first-order chi connectivity index (χ1) is 16.7. The summed E-state index contributed by atoms with van der Waals surface area (Å²) in [5, 5.41) is 9.28. The maximum absolute atomic E-state index is 9.28. The van der Waals surface area contributed by atoms with E-state index in [0.717, 1.165) is 43.6 Å². The molecule has 5 heteroatoms. The molecule has 4 atom stereocenters. The van der Waals surface area contributed by atoms with Gasteiger partial charge in [0.05, 0.1) is 0 Å². The maximum Gasteiger partial charge on any atom is 0.308 e. The third-order valence-corrected chi connectivity index (χ3v) is 9.36. The van der Waals surface area contributed by atoms with Crippen LogP contribution in [-0.4, -0.2) is 47.0 Å². The number of rotatable bonds is 5. The van der Waals surface area contributed by atoms with Gasteiger partial charge in [-0.25, -0.2) is 0 Å². The minimum absolute atomic E-state index is 0.171. The van der Waals surface area contributed by atoms with Crippen LogP contribution < -0.4 is 4.74 Å². The summed E-state index contributed by atoms with van der Waals surface area (Å²) in [7, 11) is 0. The maximum atomic E-state index is 9.28. The lowest BCUT2D eigenvalue weighted by Crippen LogP contribution is -2.48. The highest BCUT2D eigenvalue weighted by Gasteiger charge is 2.70. The molecule has 2 aromatic rings. The van der Waals surface area contributed by atoms with Crippen LogP contribution in [-0.2, 0) is 5.41 Å². The number of ether oxygens (including phenoxy) is 1. The fourth-order valence-corrected chi connectivity index (χ4v) is 7.39. The monoisotopic (exact) mass is 454 g/mol. The van der Waals surface area contributed by atoms with Crippen molar-refractivity contribution in [1.82, 2.24) is 9.80 Å². The molecule has 0 aromatic heterocycles. The minimum Gasteiger partial charge on any atom is -0.425 e. The van der Waals surface area contributed by atoms with E-state index < -0.39 is 0 Å². The Hall–Kier alpha value is -2.84. The summed E-state index contributed by atoms with van der Waals surface area (Å²) in [6.07, 6.45) is 12.4. The van der Waals surface area contributed by atoms with Gasteiger partial charge < -0.3 is 9.64 Å². The molecule has 2 heterocycles. The second-order valence-corrected chi connectivity index (χ2v) is 10.7. The number of hydrogen-bond donors (Lipinski definition) is 0. The van der Waals surface area contributed by atoms with E-state index in [0.29, 0.717) is 11.6 Å². The van der Waals surface area contributed by atoms with E-state index in [1.54, 1.807) is 0 Å². The predicted molar refractivity (Wildman–Crippen MR) is 133 cm³/mol. The molecule has 5 nitrogen and oxygen atoms in total. The molecule has 0 amide bonds. The standard InChI is InChI=1S/C29H34N4O/c30-22-31-27(34-25-11-5-2-6-12-25)32-19-16-28(17-20-32,23-8-3-1-4-9-23)18-21-33-26-13-7-10-24-14-15-29(24,26)33/h1-6,8-9,11-12,24,26H,7,10,13-21H2/t24-,26?,29?,33?/m1/s1. The Labute approximate surface area is 203 Å². The van der Waals surface area contributed by atoms with E-state index in [4.69, 9.17) is 4.74 Å². The van der Waals surface area contributed by atoms with Crippen LogP contribution >= 0.6 is 0 Å². The molecule has 1 spiro atoms. The van der Waals surface area contributed by atoms with Crippen LogP contribution in [0, 0.1) is 17.4 Å². The number of amidine groups is 1. The molecular weight excluding hydrogens is 420 g/mol. The molecule has 3 unspecified atom stereocenters. The summed E-state index contributed by atoms with van der Waals surface area (Å²) in [6, 6.07) is 22.0. The first-order valence-corrected chi connectivity index (χ1v) is 13.0. The van der Waals surface area contributed by atoms with Crippen molar-refractivity contribution in [3.05, 3.63) is 66.2 Å². The van der Waals surface area contributed by atoms with Crippen LogP contribution in [0.5, 0.6) is 5.75 Å². The molecule has 6 rings (SSSR count). The number of piperidine rings is 1. The van der Waals surface area contributed by atoms with E-state index in [1.165, 1.54) is 50.6 Å². The minimum atomic E-state index is 0.171. The van der Waals surface area contributed by atoms with E-state index in [2.05, 4.69) is 45.1 Å². The van der Waals surface area contributed by atoms with Gasteiger partial charge in [-0.05, 0) is 80.5 Å². The third kappa shape index (κ3) is 3.60. The SMILES string of the molecule is N#CN=C(Oc1ccccc1)N1CCC(CCN2C3CCC[C@@H]4CCC342)(c2ccccc2)CC1. The van der Waals surface area contributed by atoms with Gasteiger partial charge in [-0.2, -0.15) is 5.26 Å². The zero-order valence-corrected chi connectivity index (χ0v) is 19.9. The fraction of sp³-hybridized carbons (Fsp3) is 0.517. The number of aliphatic imine (C=N–C) groups is 1. The van der Waals surface area contributed by atoms with Crippen molar-refractivity contribution in [3.63, 3.8) is 0 Å². The zero-order valence-electron chi connectivity index (χ0n) is 19.9. The number of nitrogens with zero attached hydrogens (tertiary/aromatic N) is 4. The van der Waals surface area contributed by atoms with Crippen molar-refractivity contribution in [2.24, 2.45) is 10.9 Å². The number of likely N-dealkylation sites (tertiary alicyclic amines) is 2. The smallest absolute Gasteiger partial charge is 0.308 e. The van der Waals surface area contributed by atoms with Crippen LogP contribution in [0.25, 0.3) is 0 Å². The Kier molecular flexibility index (Phi) is 5.57. The number of hydrogen-bond acceptors (Lipinski definition) is 4. The Balaban J connectivity index is 1.17. The lowest BCUT2D eigenvalue weighted by atomic mass is 9.64. The van der Waals surface area contributed by atoms with Crippen LogP contribution in [0.15, 0.2) is 65.7 Å². The predicted octanol–water partition coefficient (Wildman–Crippen LogP) is 5.34. The van der Waals surface area contributed by atoms with Gasteiger partial charge in [0, 0.05) is 24.7 Å². The summed E-state index contributed by atoms with van der Waals surface area (Å²) < 4.78 is 6.02. The average molecular weight is 455 g/mol. The summed E-state index contributed by atoms with van der Waals surface area (Å²) >= 11 is 0. The number of benzene rings is 2. The van der Waals surface area contributed by atoms with Crippen molar-refractivity contribution < 1.29 is 4.74 Å². The van der Waals surface area contributed by atoms with Crippen molar-refractivity contribution in [1.29, 1.82) is 5.26 Å². The fourth-order valence-electron chi connectivity index (χ4n) is 7.39. The van der Waals surface area contributed by atoms with E-state index in [-0.39, 0.29) is 5.41 Å². The molecule has 2 saturated carbocycles. The number of para-hydroxylation sites is 1. The Morgan fingerprint density at radius 3 is 2.35 bits per heavy atom. The highest BCUT2D eigenvalue weighted by Crippen LogP contribution is 2.64. The molecule has 4 aliphatic rings. The topological polar surface area (TPSA) is 51.6 Å². The first-order valence-electron chi connectivity index (χ1n) is 13.0. The molecule has 2 aliphatic heterocycles. The molecule has 0 N–H and O–H groups in total. The molecule has 2 aromatic carbocycles. The molecular formula is C29H34N4O. The number of nitriles is 1. The summed E-state index contributed by atoms with van der Waals surface area (Å²) in [5.74, 6) is 1.69. The Morgan fingerprint density at radius 2 is 1.71 bits per heavy atom. The largest absolute Gasteiger partial charge is 0.425 e. The molecule has 176 valence electrons. The van der Waals surface area contributed by atoms with Gasteiger partial charge in [0.1, 0.15) is 5.75 Å². The molecule has 0 bridgehead atoms. The third-order valence-electron chi connectivity index (χ3n) is 9.36. The van der Waals surface area contributed by atoms with E-state index in [9.17, 15) is 5.26 Å². The van der Waals surface area contributed by atoms with Gasteiger partial charge in [-0.1, -0.05) is 55.0 Å². The zero-order chi connectivity index (χ0) is 23.0. The van der Waals surface area contributed by atoms with E-state index in [1.807, 2.05) is 36.5 Å². The second-order valence-electron chi connectivity index (χ2n) is 10.7. The van der Waals surface area contributed by atoms with Crippen molar-refractivity contribution in [3.8, 4) is 11.9 Å². The normalized spacial score (nSPS) is 31.4. The molecule has 2 aliphatic carbocycles. The average Bonchev–Trinajstić information content (AvgIpc) is 3.56. The molecule has 0 radical (unpaired) electrons. The van der Waals surface area contributed by atoms with Gasteiger partial charge >= 0.3 is 6.02 Å². The lowest BCUT2D eigenvalue weighted by molar-refractivity contribution is 0.128. The van der Waals surface area contributed by atoms with Crippen LogP contribution in [0.1, 0.15) is 56.9 Å². The van der Waals surface area contributed by atoms with Gasteiger partial charge in [0.2, 0.25) is 6.19 Å². The molecule has 4 fully saturated rings. The summed E-state index contributed by atoms with van der Waals surface area (Å²) in [4.78, 5) is 9.07. The summed E-state index contributed by atoms with van der Waals surface area (Å²) in [5.41, 5.74) is 2.22. The van der Waals surface area contributed by atoms with Crippen molar-refractivity contribution >= 4 is 6.02 Å². The van der Waals surface area contributed by atoms with Gasteiger partial charge in [-0.3, -0.25) is 4.90 Å².